The summed E-state index contributed by atoms with van der Waals surface area (Å²) in [5, 5.41) is 4.75. The van der Waals surface area contributed by atoms with Crippen molar-refractivity contribution in [2.75, 3.05) is 6.54 Å². The summed E-state index contributed by atoms with van der Waals surface area (Å²) >= 11 is 1.42. The van der Waals surface area contributed by atoms with Crippen LogP contribution in [-0.4, -0.2) is 26.9 Å². The zero-order chi connectivity index (χ0) is 16.8. The van der Waals surface area contributed by atoms with E-state index in [2.05, 4.69) is 10.3 Å². The topological polar surface area (TPSA) is 59.1 Å². The van der Waals surface area contributed by atoms with Gasteiger partial charge < -0.3 is 5.32 Å². The molecule has 0 saturated heterocycles. The summed E-state index contributed by atoms with van der Waals surface area (Å²) in [6.07, 6.45) is 0.845. The number of halogens is 1. The number of carbonyl (C=O) groups is 1. The van der Waals surface area contributed by atoms with Gasteiger partial charge in [-0.1, -0.05) is 6.92 Å². The molecule has 1 amide bonds. The molecule has 0 radical (unpaired) electrons. The molecule has 0 aliphatic rings. The number of nitrogens with zero attached hydrogens (tertiary/aromatic N) is 1. The highest BCUT2D eigenvalue weighted by molar-refractivity contribution is 7.85. The third-order valence-corrected chi connectivity index (χ3v) is 5.77. The zero-order valence-corrected chi connectivity index (χ0v) is 14.7. The minimum atomic E-state index is -1.32. The van der Waals surface area contributed by atoms with Crippen LogP contribution in [0, 0.1) is 5.82 Å². The van der Waals surface area contributed by atoms with Gasteiger partial charge in [0.25, 0.3) is 0 Å². The van der Waals surface area contributed by atoms with Gasteiger partial charge in [0.1, 0.15) is 16.1 Å². The molecule has 2 atom stereocenters. The summed E-state index contributed by atoms with van der Waals surface area (Å²) in [4.78, 5) is 16.3. The molecule has 1 N–H and O–H groups in total. The van der Waals surface area contributed by atoms with Crippen molar-refractivity contribution in [2.24, 2.45) is 0 Å². The van der Waals surface area contributed by atoms with E-state index in [9.17, 15) is 13.4 Å². The van der Waals surface area contributed by atoms with Gasteiger partial charge in [0.05, 0.1) is 11.4 Å². The molecule has 23 heavy (non-hydrogen) atoms. The van der Waals surface area contributed by atoms with Gasteiger partial charge in [-0.05, 0) is 37.6 Å². The Morgan fingerprint density at radius 1 is 1.39 bits per heavy atom. The quantitative estimate of drug-likeness (QED) is 0.831. The normalized spacial score (nSPS) is 13.5. The van der Waals surface area contributed by atoms with Crippen LogP contribution in [-0.2, 0) is 21.3 Å². The van der Waals surface area contributed by atoms with Gasteiger partial charge in [-0.2, -0.15) is 0 Å². The molecule has 1 heterocycles. The third-order valence-electron chi connectivity index (χ3n) is 3.25. The van der Waals surface area contributed by atoms with E-state index < -0.39 is 16.0 Å². The number of aromatic nitrogens is 1. The fourth-order valence-electron chi connectivity index (χ4n) is 1.88. The predicted molar refractivity (Wildman–Crippen MR) is 92.1 cm³/mol. The largest absolute Gasteiger partial charge is 0.355 e. The fraction of sp³-hybridized carbons (Fsp3) is 0.375. The lowest BCUT2D eigenvalue weighted by Gasteiger charge is -2.10. The van der Waals surface area contributed by atoms with Crippen LogP contribution in [0.15, 0.2) is 29.6 Å². The summed E-state index contributed by atoms with van der Waals surface area (Å²) in [6.45, 7) is 4.22. The van der Waals surface area contributed by atoms with Crippen LogP contribution in [0.1, 0.15) is 26.0 Å². The Labute approximate surface area is 141 Å². The van der Waals surface area contributed by atoms with Crippen LogP contribution in [0.5, 0.6) is 0 Å². The number of thiazole rings is 1. The first kappa shape index (κ1) is 17.7. The zero-order valence-electron chi connectivity index (χ0n) is 13.0. The summed E-state index contributed by atoms with van der Waals surface area (Å²) in [5.41, 5.74) is 1.50. The van der Waals surface area contributed by atoms with Crippen LogP contribution in [0.2, 0.25) is 0 Å². The smallest absolute Gasteiger partial charge is 0.235 e. The maximum Gasteiger partial charge on any atom is 0.235 e. The van der Waals surface area contributed by atoms with Crippen molar-refractivity contribution < 1.29 is 13.4 Å². The van der Waals surface area contributed by atoms with Gasteiger partial charge in [-0.25, -0.2) is 9.37 Å². The Balaban J connectivity index is 1.99. The molecule has 0 bridgehead atoms. The van der Waals surface area contributed by atoms with E-state index in [0.29, 0.717) is 12.2 Å². The standard InChI is InChI=1S/C16H19FN2O2S2/c1-3-8-18-15(20)11(2)23(21)10-14-9-22-16(19-14)12-4-6-13(17)7-5-12/h4-7,9,11H,3,8,10H2,1-2H3,(H,18,20)/t11-,23+/m0/s1. The molecule has 0 aliphatic carbocycles. The summed E-state index contributed by atoms with van der Waals surface area (Å²) in [7, 11) is -1.32. The summed E-state index contributed by atoms with van der Waals surface area (Å²) in [6, 6.07) is 6.09. The Kier molecular flexibility index (Phi) is 6.41. The number of benzene rings is 1. The molecule has 4 nitrogen and oxygen atoms in total. The van der Waals surface area contributed by atoms with Crippen LogP contribution in [0.25, 0.3) is 10.6 Å². The molecular formula is C16H19FN2O2S2. The Morgan fingerprint density at radius 3 is 2.74 bits per heavy atom. The van der Waals surface area contributed by atoms with Crippen molar-refractivity contribution in [3.8, 4) is 10.6 Å². The average molecular weight is 354 g/mol. The van der Waals surface area contributed by atoms with E-state index in [-0.39, 0.29) is 17.5 Å². The van der Waals surface area contributed by atoms with E-state index in [0.717, 1.165) is 17.0 Å². The lowest BCUT2D eigenvalue weighted by atomic mass is 10.2. The molecule has 0 fully saturated rings. The second kappa shape index (κ2) is 8.31. The van der Waals surface area contributed by atoms with E-state index in [4.69, 9.17) is 0 Å². The van der Waals surface area contributed by atoms with Crippen LogP contribution >= 0.6 is 11.3 Å². The SMILES string of the molecule is CCCNC(=O)[C@H](C)[S@](=O)Cc1csc(-c2ccc(F)cc2)n1. The average Bonchev–Trinajstić information content (AvgIpc) is 3.00. The minimum Gasteiger partial charge on any atom is -0.355 e. The van der Waals surface area contributed by atoms with Gasteiger partial charge in [-0.3, -0.25) is 9.00 Å². The van der Waals surface area contributed by atoms with Crippen molar-refractivity contribution in [3.63, 3.8) is 0 Å². The van der Waals surface area contributed by atoms with Crippen molar-refractivity contribution in [3.05, 3.63) is 41.2 Å². The third kappa shape index (κ3) is 4.94. The molecule has 0 saturated carbocycles. The number of nitrogens with one attached hydrogen (secondary N) is 1. The number of hydrogen-bond donors (Lipinski definition) is 1. The Hall–Kier alpha value is -1.60. The first-order chi connectivity index (χ1) is 11.0. The first-order valence-electron chi connectivity index (χ1n) is 7.36. The van der Waals surface area contributed by atoms with Gasteiger partial charge in [-0.15, -0.1) is 11.3 Å². The van der Waals surface area contributed by atoms with Gasteiger partial charge in [0, 0.05) is 28.3 Å². The number of hydrogen-bond acceptors (Lipinski definition) is 4. The van der Waals surface area contributed by atoms with Crippen molar-refractivity contribution in [1.29, 1.82) is 0 Å². The van der Waals surface area contributed by atoms with E-state index >= 15 is 0 Å². The first-order valence-corrected chi connectivity index (χ1v) is 9.62. The maximum atomic E-state index is 12.9. The minimum absolute atomic E-state index is 0.195. The Bertz CT molecular complexity index is 686. The van der Waals surface area contributed by atoms with Crippen LogP contribution < -0.4 is 5.32 Å². The Morgan fingerprint density at radius 2 is 2.09 bits per heavy atom. The highest BCUT2D eigenvalue weighted by Gasteiger charge is 2.20. The predicted octanol–water partition coefficient (Wildman–Crippen LogP) is 3.11. The lowest BCUT2D eigenvalue weighted by Crippen LogP contribution is -2.36. The summed E-state index contributed by atoms with van der Waals surface area (Å²) < 4.78 is 25.2. The van der Waals surface area contributed by atoms with E-state index in [1.165, 1.54) is 23.5 Å². The van der Waals surface area contributed by atoms with Crippen molar-refractivity contribution in [1.82, 2.24) is 10.3 Å². The van der Waals surface area contributed by atoms with Crippen molar-refractivity contribution >= 4 is 28.0 Å². The van der Waals surface area contributed by atoms with Crippen molar-refractivity contribution in [2.45, 2.75) is 31.3 Å². The van der Waals surface area contributed by atoms with E-state index in [1.807, 2.05) is 12.3 Å². The number of carbonyl (C=O) groups excluding carboxylic acids is 1. The van der Waals surface area contributed by atoms with Gasteiger partial charge >= 0.3 is 0 Å². The lowest BCUT2D eigenvalue weighted by molar-refractivity contribution is -0.120. The second-order valence-corrected chi connectivity index (χ2v) is 7.72. The highest BCUT2D eigenvalue weighted by Crippen LogP contribution is 2.24. The van der Waals surface area contributed by atoms with Gasteiger partial charge in [0.15, 0.2) is 0 Å². The van der Waals surface area contributed by atoms with Crippen LogP contribution in [0.3, 0.4) is 0 Å². The van der Waals surface area contributed by atoms with Crippen LogP contribution in [0.4, 0.5) is 4.39 Å². The maximum absolute atomic E-state index is 12.9. The highest BCUT2D eigenvalue weighted by atomic mass is 32.2. The van der Waals surface area contributed by atoms with Gasteiger partial charge in [0.2, 0.25) is 5.91 Å². The molecule has 124 valence electrons. The molecule has 0 spiro atoms. The molecule has 0 unspecified atom stereocenters. The number of amides is 1. The summed E-state index contributed by atoms with van der Waals surface area (Å²) in [5.74, 6) is -0.254. The number of rotatable bonds is 7. The molecular weight excluding hydrogens is 335 g/mol. The molecule has 2 rings (SSSR count). The second-order valence-electron chi connectivity index (χ2n) is 5.11. The van der Waals surface area contributed by atoms with E-state index in [1.54, 1.807) is 19.1 Å². The molecule has 2 aromatic rings. The molecule has 1 aromatic heterocycles. The monoisotopic (exact) mass is 354 g/mol. The molecule has 0 aliphatic heterocycles. The fourth-order valence-corrected chi connectivity index (χ4v) is 3.82. The molecule has 7 heteroatoms. The molecule has 1 aromatic carbocycles.